The van der Waals surface area contributed by atoms with Gasteiger partial charge in [-0.1, -0.05) is 24.3 Å². The van der Waals surface area contributed by atoms with Gasteiger partial charge in [-0.2, -0.15) is 0 Å². The van der Waals surface area contributed by atoms with Crippen LogP contribution in [0.15, 0.2) is 60.7 Å². The summed E-state index contributed by atoms with van der Waals surface area (Å²) in [6, 6.07) is 18.0. The molecule has 0 unspecified atom stereocenters. The van der Waals surface area contributed by atoms with Crippen LogP contribution in [0.3, 0.4) is 0 Å². The lowest BCUT2D eigenvalue weighted by molar-refractivity contribution is 0.262. The molecule has 0 saturated heterocycles. The summed E-state index contributed by atoms with van der Waals surface area (Å²) in [5, 5.41) is 48.4. The molecule has 4 aromatic rings. The summed E-state index contributed by atoms with van der Waals surface area (Å²) in [6.07, 6.45) is 0. The van der Waals surface area contributed by atoms with Crippen LogP contribution in [0, 0.1) is 0 Å². The molecule has 0 aliphatic rings. The lowest BCUT2D eigenvalue weighted by Gasteiger charge is -2.23. The standard InChI is InChI=1S/C33H41N5O8S/c1-34-47-33(44)38-30(23-6-10-26(11-7-23)37(14-18-41)15-19-42)29(22-4-8-25(9-5-22)36(12-16-39)13-17-40)35-32(38)24-20-27(45-2)31(43)28(21-24)46-3/h4-11,20-21,34,39-43H,12-19H2,1-3H3. The number of benzene rings is 3. The Morgan fingerprint density at radius 2 is 1.21 bits per heavy atom. The highest BCUT2D eigenvalue weighted by Gasteiger charge is 2.27. The number of hydrogen-bond donors (Lipinski definition) is 6. The molecule has 0 bridgehead atoms. The number of phenols is 1. The number of rotatable bonds is 16. The second-order valence-corrected chi connectivity index (χ2v) is 11.2. The lowest BCUT2D eigenvalue weighted by Crippen LogP contribution is -2.29. The maximum Gasteiger partial charge on any atom is 0.306 e. The number of aromatic nitrogens is 2. The van der Waals surface area contributed by atoms with E-state index in [0.29, 0.717) is 54.3 Å². The number of nitrogens with one attached hydrogen (secondary N) is 1. The third-order valence-corrected chi connectivity index (χ3v) is 8.04. The van der Waals surface area contributed by atoms with Crippen LogP contribution in [0.25, 0.3) is 33.9 Å². The summed E-state index contributed by atoms with van der Waals surface area (Å²) in [6.45, 7) is 1.06. The lowest BCUT2D eigenvalue weighted by atomic mass is 10.0. The van der Waals surface area contributed by atoms with Gasteiger partial charge in [0.15, 0.2) is 11.5 Å². The van der Waals surface area contributed by atoms with Crippen molar-refractivity contribution in [2.45, 2.75) is 0 Å². The average molecular weight is 668 g/mol. The second-order valence-electron chi connectivity index (χ2n) is 10.2. The van der Waals surface area contributed by atoms with E-state index in [9.17, 15) is 30.3 Å². The summed E-state index contributed by atoms with van der Waals surface area (Å²) >= 11 is 0.877. The zero-order valence-electron chi connectivity index (χ0n) is 26.6. The highest BCUT2D eigenvalue weighted by molar-refractivity contribution is 8.11. The number of nitrogens with zero attached hydrogens (tertiary/aromatic N) is 4. The van der Waals surface area contributed by atoms with Crippen molar-refractivity contribution < 1.29 is 39.8 Å². The number of ether oxygens (including phenoxy) is 2. The van der Waals surface area contributed by atoms with E-state index in [2.05, 4.69) is 4.72 Å². The Morgan fingerprint density at radius 1 is 0.766 bits per heavy atom. The Hall–Kier alpha value is -4.31. The maximum atomic E-state index is 13.9. The Kier molecular flexibility index (Phi) is 12.9. The molecular weight excluding hydrogens is 626 g/mol. The number of phenolic OH excluding ortho intramolecular Hbond substituents is 1. The smallest absolute Gasteiger partial charge is 0.306 e. The van der Waals surface area contributed by atoms with Crippen LogP contribution in [0.5, 0.6) is 17.2 Å². The Balaban J connectivity index is 1.99. The number of imidazole rings is 1. The minimum absolute atomic E-state index is 0.0749. The fourth-order valence-electron chi connectivity index (χ4n) is 5.30. The number of carbonyl (C=O) groups is 1. The van der Waals surface area contributed by atoms with Crippen LogP contribution in [0.2, 0.25) is 0 Å². The van der Waals surface area contributed by atoms with E-state index in [1.165, 1.54) is 18.8 Å². The molecule has 0 radical (unpaired) electrons. The third kappa shape index (κ3) is 7.99. The molecule has 14 heteroatoms. The van der Waals surface area contributed by atoms with Crippen LogP contribution in [-0.4, -0.2) is 114 Å². The van der Waals surface area contributed by atoms with Crippen LogP contribution in [-0.2, 0) is 0 Å². The molecule has 0 atom stereocenters. The molecule has 0 saturated carbocycles. The van der Waals surface area contributed by atoms with Gasteiger partial charge in [0, 0.05) is 66.2 Å². The minimum Gasteiger partial charge on any atom is -0.502 e. The van der Waals surface area contributed by atoms with E-state index in [1.807, 2.05) is 58.3 Å². The number of aliphatic hydroxyl groups is 4. The van der Waals surface area contributed by atoms with E-state index in [-0.39, 0.29) is 54.7 Å². The summed E-state index contributed by atoms with van der Waals surface area (Å²) in [5.41, 5.74) is 4.39. The van der Waals surface area contributed by atoms with E-state index < -0.39 is 0 Å². The molecule has 4 rings (SSSR count). The van der Waals surface area contributed by atoms with Crippen molar-refractivity contribution in [2.75, 3.05) is 83.7 Å². The van der Waals surface area contributed by atoms with Gasteiger partial charge in [-0.05, 0) is 43.4 Å². The predicted octanol–water partition coefficient (Wildman–Crippen LogP) is 3.02. The van der Waals surface area contributed by atoms with Gasteiger partial charge in [0.05, 0.1) is 52.0 Å². The number of aliphatic hydroxyl groups excluding tert-OH is 4. The highest BCUT2D eigenvalue weighted by atomic mass is 32.2. The summed E-state index contributed by atoms with van der Waals surface area (Å²) in [4.78, 5) is 22.6. The average Bonchev–Trinajstić information content (AvgIpc) is 3.49. The van der Waals surface area contributed by atoms with Gasteiger partial charge < -0.3 is 44.8 Å². The van der Waals surface area contributed by atoms with Crippen LogP contribution in [0.1, 0.15) is 0 Å². The number of hydrogen-bond acceptors (Lipinski definition) is 13. The zero-order valence-corrected chi connectivity index (χ0v) is 27.4. The van der Waals surface area contributed by atoms with Gasteiger partial charge in [-0.15, -0.1) is 0 Å². The molecule has 0 fully saturated rings. The molecule has 0 aliphatic heterocycles. The fourth-order valence-corrected chi connectivity index (χ4v) is 5.74. The maximum absolute atomic E-state index is 13.9. The minimum atomic E-state index is -0.373. The van der Waals surface area contributed by atoms with Crippen molar-refractivity contribution >= 4 is 28.6 Å². The van der Waals surface area contributed by atoms with Crippen LogP contribution >= 0.6 is 11.9 Å². The van der Waals surface area contributed by atoms with Gasteiger partial charge in [0.1, 0.15) is 5.82 Å². The summed E-state index contributed by atoms with van der Waals surface area (Å²) in [5.74, 6) is 0.363. The molecule has 13 nitrogen and oxygen atoms in total. The van der Waals surface area contributed by atoms with Crippen molar-refractivity contribution in [1.29, 1.82) is 0 Å². The predicted molar refractivity (Wildman–Crippen MR) is 184 cm³/mol. The topological polar surface area (TPSA) is 173 Å². The van der Waals surface area contributed by atoms with Gasteiger partial charge in [-0.3, -0.25) is 14.1 Å². The largest absolute Gasteiger partial charge is 0.502 e. The van der Waals surface area contributed by atoms with Crippen molar-refractivity contribution in [3.63, 3.8) is 0 Å². The quantitative estimate of drug-likeness (QED) is 0.0964. The second kappa shape index (κ2) is 17.0. The van der Waals surface area contributed by atoms with E-state index in [4.69, 9.17) is 14.5 Å². The summed E-state index contributed by atoms with van der Waals surface area (Å²) < 4.78 is 15.2. The van der Waals surface area contributed by atoms with Gasteiger partial charge in [-0.25, -0.2) is 4.98 Å². The first-order valence-corrected chi connectivity index (χ1v) is 15.8. The molecule has 252 valence electrons. The monoisotopic (exact) mass is 667 g/mol. The van der Waals surface area contributed by atoms with Crippen LogP contribution < -0.4 is 24.0 Å². The first-order valence-electron chi connectivity index (χ1n) is 15.0. The number of methoxy groups -OCH3 is 2. The molecule has 0 spiro atoms. The zero-order chi connectivity index (χ0) is 33.9. The first kappa shape index (κ1) is 35.5. The Bertz CT molecular complexity index is 1580. The summed E-state index contributed by atoms with van der Waals surface area (Å²) in [7, 11) is 4.47. The van der Waals surface area contributed by atoms with E-state index in [0.717, 1.165) is 23.3 Å². The molecule has 0 amide bonds. The molecule has 0 aliphatic carbocycles. The number of aromatic hydroxyl groups is 1. The van der Waals surface area contributed by atoms with Crippen molar-refractivity contribution in [1.82, 2.24) is 14.3 Å². The Labute approximate surface area is 277 Å². The third-order valence-electron chi connectivity index (χ3n) is 7.48. The van der Waals surface area contributed by atoms with Gasteiger partial charge in [0.2, 0.25) is 5.75 Å². The Morgan fingerprint density at radius 3 is 1.62 bits per heavy atom. The SMILES string of the molecule is CNSC(=O)n1c(-c2cc(OC)c(O)c(OC)c2)nc(-c2ccc(N(CCO)CCO)cc2)c1-c1ccc(N(CCO)CCO)cc1. The van der Waals surface area contributed by atoms with Crippen LogP contribution in [0.4, 0.5) is 16.2 Å². The van der Waals surface area contributed by atoms with Gasteiger partial charge >= 0.3 is 5.24 Å². The normalized spacial score (nSPS) is 11.0. The van der Waals surface area contributed by atoms with E-state index in [1.54, 1.807) is 19.2 Å². The molecule has 1 heterocycles. The molecule has 1 aromatic heterocycles. The number of anilines is 2. The van der Waals surface area contributed by atoms with Crippen molar-refractivity contribution in [3.8, 4) is 51.2 Å². The molecular formula is C33H41N5O8S. The highest BCUT2D eigenvalue weighted by Crippen LogP contribution is 2.43. The van der Waals surface area contributed by atoms with Crippen molar-refractivity contribution in [3.05, 3.63) is 60.7 Å². The first-order chi connectivity index (χ1) is 22.8. The van der Waals surface area contributed by atoms with Gasteiger partial charge in [0.25, 0.3) is 0 Å². The molecule has 47 heavy (non-hydrogen) atoms. The number of carbonyl (C=O) groups excluding carboxylic acids is 1. The molecule has 6 N–H and O–H groups in total. The van der Waals surface area contributed by atoms with E-state index >= 15 is 0 Å². The fraction of sp³-hybridized carbons (Fsp3) is 0.333. The molecule has 3 aromatic carbocycles. The van der Waals surface area contributed by atoms with Crippen molar-refractivity contribution in [2.24, 2.45) is 0 Å².